The number of benzene rings is 1. The first-order chi connectivity index (χ1) is 11.1. The molecule has 0 aromatic heterocycles. The Hall–Kier alpha value is -2.08. The van der Waals surface area contributed by atoms with Crippen LogP contribution in [0.15, 0.2) is 30.3 Å². The Bertz CT molecular complexity index is 533. The van der Waals surface area contributed by atoms with Crippen LogP contribution in [0, 0.1) is 0 Å². The zero-order valence-electron chi connectivity index (χ0n) is 13.6. The molecular weight excluding hydrogens is 298 g/mol. The average Bonchev–Trinajstić information content (AvgIpc) is 2.99. The number of amides is 1. The first-order valence-corrected chi connectivity index (χ1v) is 7.93. The molecule has 1 heterocycles. The van der Waals surface area contributed by atoms with Crippen molar-refractivity contribution >= 4 is 12.1 Å². The number of carbonyl (C=O) groups excluding carboxylic acids is 2. The van der Waals surface area contributed by atoms with E-state index in [1.807, 2.05) is 30.3 Å². The topological polar surface area (TPSA) is 65.1 Å². The Morgan fingerprint density at radius 3 is 2.52 bits per heavy atom. The summed E-state index contributed by atoms with van der Waals surface area (Å²) in [7, 11) is 0. The Kier molecular flexibility index (Phi) is 5.98. The molecule has 1 amide bonds. The standard InChI is InChI=1S/C17H23NO5/c1-3-21-15(19)17(23-4-2)11-8-12-18(17)16(20)22-13-14-9-6-5-7-10-14/h5-7,9-10H,3-4,8,11-13H2,1-2H3/t17-/m1/s1. The van der Waals surface area contributed by atoms with Crippen LogP contribution in [0.3, 0.4) is 0 Å². The minimum Gasteiger partial charge on any atom is -0.462 e. The molecule has 0 aliphatic carbocycles. The summed E-state index contributed by atoms with van der Waals surface area (Å²) in [6, 6.07) is 9.40. The molecular formula is C17H23NO5. The third-order valence-corrected chi connectivity index (χ3v) is 3.74. The number of hydrogen-bond acceptors (Lipinski definition) is 5. The normalized spacial score (nSPS) is 20.3. The van der Waals surface area contributed by atoms with Gasteiger partial charge in [0.15, 0.2) is 0 Å². The summed E-state index contributed by atoms with van der Waals surface area (Å²) in [4.78, 5) is 26.1. The molecule has 0 spiro atoms. The molecule has 1 saturated heterocycles. The van der Waals surface area contributed by atoms with Gasteiger partial charge in [-0.2, -0.15) is 0 Å². The van der Waals surface area contributed by atoms with Crippen molar-refractivity contribution in [1.29, 1.82) is 0 Å². The lowest BCUT2D eigenvalue weighted by atomic mass is 10.1. The molecule has 0 bridgehead atoms. The fourth-order valence-corrected chi connectivity index (χ4v) is 2.73. The van der Waals surface area contributed by atoms with E-state index in [2.05, 4.69) is 0 Å². The summed E-state index contributed by atoms with van der Waals surface area (Å²) in [5, 5.41) is 0. The minimum absolute atomic E-state index is 0.154. The van der Waals surface area contributed by atoms with Crippen molar-refractivity contribution in [3.8, 4) is 0 Å². The highest BCUT2D eigenvalue weighted by atomic mass is 16.6. The van der Waals surface area contributed by atoms with Gasteiger partial charge in [0.1, 0.15) is 6.61 Å². The van der Waals surface area contributed by atoms with Gasteiger partial charge in [-0.1, -0.05) is 30.3 Å². The second-order valence-corrected chi connectivity index (χ2v) is 5.23. The number of carbonyl (C=O) groups is 2. The van der Waals surface area contributed by atoms with E-state index in [9.17, 15) is 9.59 Å². The molecule has 1 fully saturated rings. The molecule has 1 aliphatic heterocycles. The highest BCUT2D eigenvalue weighted by Crippen LogP contribution is 2.33. The van der Waals surface area contributed by atoms with Gasteiger partial charge in [0.05, 0.1) is 6.61 Å². The predicted octanol–water partition coefficient (Wildman–Crippen LogP) is 2.71. The van der Waals surface area contributed by atoms with Crippen LogP contribution in [-0.4, -0.2) is 42.4 Å². The Balaban J connectivity index is 2.08. The van der Waals surface area contributed by atoms with Gasteiger partial charge in [-0.25, -0.2) is 9.59 Å². The van der Waals surface area contributed by atoms with Crippen molar-refractivity contribution in [2.24, 2.45) is 0 Å². The van der Waals surface area contributed by atoms with E-state index < -0.39 is 17.8 Å². The van der Waals surface area contributed by atoms with Gasteiger partial charge in [0.2, 0.25) is 5.72 Å². The summed E-state index contributed by atoms with van der Waals surface area (Å²) in [6.45, 7) is 4.62. The molecule has 6 heteroatoms. The fraction of sp³-hybridized carbons (Fsp3) is 0.529. The fourth-order valence-electron chi connectivity index (χ4n) is 2.73. The number of ether oxygens (including phenoxy) is 3. The third-order valence-electron chi connectivity index (χ3n) is 3.74. The van der Waals surface area contributed by atoms with Crippen molar-refractivity contribution in [1.82, 2.24) is 4.90 Å². The molecule has 1 aromatic rings. The highest BCUT2D eigenvalue weighted by Gasteiger charge is 2.53. The molecule has 1 aromatic carbocycles. The monoisotopic (exact) mass is 321 g/mol. The molecule has 0 radical (unpaired) electrons. The predicted molar refractivity (Wildman–Crippen MR) is 83.6 cm³/mol. The molecule has 2 rings (SSSR count). The summed E-state index contributed by atoms with van der Waals surface area (Å²) in [6.07, 6.45) is 0.521. The molecule has 0 unspecified atom stereocenters. The Morgan fingerprint density at radius 1 is 1.13 bits per heavy atom. The van der Waals surface area contributed by atoms with Crippen LogP contribution in [0.5, 0.6) is 0 Å². The van der Waals surface area contributed by atoms with Crippen molar-refractivity contribution in [3.05, 3.63) is 35.9 Å². The van der Waals surface area contributed by atoms with Crippen LogP contribution in [-0.2, 0) is 25.6 Å². The van der Waals surface area contributed by atoms with Crippen molar-refractivity contribution in [2.75, 3.05) is 19.8 Å². The maximum absolute atomic E-state index is 12.4. The largest absolute Gasteiger partial charge is 0.462 e. The smallest absolute Gasteiger partial charge is 0.412 e. The van der Waals surface area contributed by atoms with Gasteiger partial charge in [-0.15, -0.1) is 0 Å². The van der Waals surface area contributed by atoms with Gasteiger partial charge in [0.25, 0.3) is 0 Å². The summed E-state index contributed by atoms with van der Waals surface area (Å²) in [5.74, 6) is -0.531. The maximum Gasteiger partial charge on any atom is 0.412 e. The molecule has 1 aliphatic rings. The van der Waals surface area contributed by atoms with Crippen LogP contribution >= 0.6 is 0 Å². The zero-order chi connectivity index (χ0) is 16.7. The van der Waals surface area contributed by atoms with Gasteiger partial charge >= 0.3 is 12.1 Å². The average molecular weight is 321 g/mol. The van der Waals surface area contributed by atoms with Crippen LogP contribution in [0.25, 0.3) is 0 Å². The van der Waals surface area contributed by atoms with E-state index in [4.69, 9.17) is 14.2 Å². The molecule has 126 valence electrons. The zero-order valence-corrected chi connectivity index (χ0v) is 13.6. The lowest BCUT2D eigenvalue weighted by molar-refractivity contribution is -0.191. The van der Waals surface area contributed by atoms with E-state index in [-0.39, 0.29) is 13.2 Å². The van der Waals surface area contributed by atoms with Crippen molar-refractivity contribution in [3.63, 3.8) is 0 Å². The maximum atomic E-state index is 12.4. The number of nitrogens with zero attached hydrogens (tertiary/aromatic N) is 1. The quantitative estimate of drug-likeness (QED) is 0.754. The van der Waals surface area contributed by atoms with Crippen LogP contribution in [0.4, 0.5) is 4.79 Å². The van der Waals surface area contributed by atoms with Gasteiger partial charge < -0.3 is 14.2 Å². The lowest BCUT2D eigenvalue weighted by Crippen LogP contribution is -2.56. The van der Waals surface area contributed by atoms with Gasteiger partial charge in [0, 0.05) is 19.6 Å². The highest BCUT2D eigenvalue weighted by molar-refractivity contribution is 5.85. The number of likely N-dealkylation sites (tertiary alicyclic amines) is 1. The molecule has 0 N–H and O–H groups in total. The summed E-state index contributed by atoms with van der Waals surface area (Å²) < 4.78 is 16.1. The number of esters is 1. The summed E-state index contributed by atoms with van der Waals surface area (Å²) >= 11 is 0. The summed E-state index contributed by atoms with van der Waals surface area (Å²) in [5.41, 5.74) is -0.475. The van der Waals surface area contributed by atoms with Crippen molar-refractivity contribution < 1.29 is 23.8 Å². The Morgan fingerprint density at radius 2 is 1.87 bits per heavy atom. The minimum atomic E-state index is -1.36. The number of rotatable bonds is 6. The van der Waals surface area contributed by atoms with E-state index in [1.54, 1.807) is 13.8 Å². The van der Waals surface area contributed by atoms with E-state index >= 15 is 0 Å². The SMILES string of the molecule is CCOC(=O)[C@]1(OCC)CCCN1C(=O)OCc1ccccc1. The first kappa shape index (κ1) is 17.3. The van der Waals surface area contributed by atoms with Crippen LogP contribution < -0.4 is 0 Å². The van der Waals surface area contributed by atoms with E-state index in [0.717, 1.165) is 5.56 Å². The van der Waals surface area contributed by atoms with Crippen LogP contribution in [0.1, 0.15) is 32.3 Å². The van der Waals surface area contributed by atoms with Gasteiger partial charge in [-0.05, 0) is 25.8 Å². The van der Waals surface area contributed by atoms with E-state index in [1.165, 1.54) is 4.90 Å². The second-order valence-electron chi connectivity index (χ2n) is 5.23. The Labute approximate surface area is 136 Å². The number of hydrogen-bond donors (Lipinski definition) is 0. The van der Waals surface area contributed by atoms with Gasteiger partial charge in [-0.3, -0.25) is 4.90 Å². The van der Waals surface area contributed by atoms with E-state index in [0.29, 0.717) is 26.0 Å². The molecule has 0 saturated carbocycles. The van der Waals surface area contributed by atoms with Crippen LogP contribution in [0.2, 0.25) is 0 Å². The molecule has 1 atom stereocenters. The van der Waals surface area contributed by atoms with Crippen molar-refractivity contribution in [2.45, 2.75) is 39.0 Å². The second kappa shape index (κ2) is 7.97. The lowest BCUT2D eigenvalue weighted by Gasteiger charge is -2.34. The molecule has 23 heavy (non-hydrogen) atoms. The first-order valence-electron chi connectivity index (χ1n) is 7.93. The molecule has 6 nitrogen and oxygen atoms in total. The third kappa shape index (κ3) is 3.82.